The minimum Gasteiger partial charge on any atom is -0.496 e. The molecule has 0 unspecified atom stereocenters. The van der Waals surface area contributed by atoms with Crippen LogP contribution in [0.5, 0.6) is 5.75 Å². The van der Waals surface area contributed by atoms with E-state index in [1.54, 1.807) is 7.11 Å². The summed E-state index contributed by atoms with van der Waals surface area (Å²) in [5.41, 5.74) is 2.27. The van der Waals surface area contributed by atoms with E-state index in [9.17, 15) is 4.79 Å². The van der Waals surface area contributed by atoms with Crippen molar-refractivity contribution in [3.63, 3.8) is 0 Å². The van der Waals surface area contributed by atoms with Crippen LogP contribution in [0.1, 0.15) is 42.3 Å². The molecule has 0 bridgehead atoms. The zero-order valence-corrected chi connectivity index (χ0v) is 12.1. The molecule has 0 saturated carbocycles. The Bertz CT molecular complexity index is 522. The monoisotopic (exact) mass is 260 g/mol. The molecule has 0 aliphatic rings. The number of hydrogen-bond donors (Lipinski definition) is 1. The molecule has 1 amide bonds. The summed E-state index contributed by atoms with van der Waals surface area (Å²) in [4.78, 5) is 12.0. The number of methoxy groups -OCH3 is 1. The molecule has 102 valence electrons. The standard InChI is InChI=1S/C15H20N2O2/c1-10-8-13(19-5)12(15(2,3)4)9-11(10)14(18)17-7-6-16/h8-9H,7H2,1-5H3,(H,17,18). The van der Waals surface area contributed by atoms with Gasteiger partial charge in [-0.2, -0.15) is 5.26 Å². The quantitative estimate of drug-likeness (QED) is 0.849. The number of nitrogens with zero attached hydrogens (tertiary/aromatic N) is 1. The number of nitrogens with one attached hydrogen (secondary N) is 1. The largest absolute Gasteiger partial charge is 0.496 e. The first-order valence-electron chi connectivity index (χ1n) is 6.15. The van der Waals surface area contributed by atoms with Crippen LogP contribution in [0.15, 0.2) is 12.1 Å². The van der Waals surface area contributed by atoms with Gasteiger partial charge in [0.2, 0.25) is 0 Å². The highest BCUT2D eigenvalue weighted by Gasteiger charge is 2.22. The van der Waals surface area contributed by atoms with E-state index in [1.807, 2.05) is 25.1 Å². The van der Waals surface area contributed by atoms with Crippen molar-refractivity contribution in [2.24, 2.45) is 0 Å². The molecule has 4 nitrogen and oxygen atoms in total. The summed E-state index contributed by atoms with van der Waals surface area (Å²) in [6.45, 7) is 8.07. The number of nitriles is 1. The molecule has 0 atom stereocenters. The third-order valence-corrected chi connectivity index (χ3v) is 2.93. The lowest BCUT2D eigenvalue weighted by molar-refractivity contribution is 0.0957. The van der Waals surface area contributed by atoms with Gasteiger partial charge in [-0.25, -0.2) is 0 Å². The number of rotatable bonds is 3. The summed E-state index contributed by atoms with van der Waals surface area (Å²) >= 11 is 0. The number of carbonyl (C=O) groups is 1. The van der Waals surface area contributed by atoms with Crippen LogP contribution in [-0.2, 0) is 5.41 Å². The normalized spacial score (nSPS) is 10.7. The van der Waals surface area contributed by atoms with Gasteiger partial charge in [0, 0.05) is 11.1 Å². The molecule has 0 saturated heterocycles. The van der Waals surface area contributed by atoms with Gasteiger partial charge < -0.3 is 10.1 Å². The van der Waals surface area contributed by atoms with Crippen LogP contribution in [0.3, 0.4) is 0 Å². The van der Waals surface area contributed by atoms with E-state index < -0.39 is 0 Å². The topological polar surface area (TPSA) is 62.1 Å². The van der Waals surface area contributed by atoms with Crippen LogP contribution in [0.4, 0.5) is 0 Å². The molecule has 1 aromatic carbocycles. The number of aryl methyl sites for hydroxylation is 1. The van der Waals surface area contributed by atoms with E-state index in [2.05, 4.69) is 26.1 Å². The lowest BCUT2D eigenvalue weighted by Crippen LogP contribution is -2.25. The van der Waals surface area contributed by atoms with Crippen molar-refractivity contribution in [3.8, 4) is 11.8 Å². The van der Waals surface area contributed by atoms with Gasteiger partial charge in [-0.3, -0.25) is 4.79 Å². The molecule has 19 heavy (non-hydrogen) atoms. The van der Waals surface area contributed by atoms with Crippen molar-refractivity contribution in [2.45, 2.75) is 33.1 Å². The third kappa shape index (κ3) is 3.47. The van der Waals surface area contributed by atoms with Crippen LogP contribution < -0.4 is 10.1 Å². The summed E-state index contributed by atoms with van der Waals surface area (Å²) in [7, 11) is 1.62. The van der Waals surface area contributed by atoms with Gasteiger partial charge >= 0.3 is 0 Å². The predicted molar refractivity (Wildman–Crippen MR) is 74.4 cm³/mol. The fourth-order valence-corrected chi connectivity index (χ4v) is 1.90. The highest BCUT2D eigenvalue weighted by molar-refractivity contribution is 5.96. The van der Waals surface area contributed by atoms with E-state index >= 15 is 0 Å². The molecule has 1 rings (SSSR count). The Morgan fingerprint density at radius 1 is 1.42 bits per heavy atom. The molecule has 0 aliphatic heterocycles. The summed E-state index contributed by atoms with van der Waals surface area (Å²) in [6, 6.07) is 5.61. The molecule has 1 N–H and O–H groups in total. The van der Waals surface area contributed by atoms with Crippen molar-refractivity contribution >= 4 is 5.91 Å². The summed E-state index contributed by atoms with van der Waals surface area (Å²) in [6.07, 6.45) is 0. The van der Waals surface area contributed by atoms with E-state index in [1.165, 1.54) is 0 Å². The molecule has 4 heteroatoms. The van der Waals surface area contributed by atoms with Crippen LogP contribution in [0.2, 0.25) is 0 Å². The Balaban J connectivity index is 3.28. The Morgan fingerprint density at radius 2 is 2.05 bits per heavy atom. The van der Waals surface area contributed by atoms with Crippen molar-refractivity contribution in [1.82, 2.24) is 5.32 Å². The van der Waals surface area contributed by atoms with Gasteiger partial charge in [-0.1, -0.05) is 20.8 Å². The molecule has 0 aromatic heterocycles. The molecule has 0 aliphatic carbocycles. The number of amides is 1. The molecular weight excluding hydrogens is 240 g/mol. The van der Waals surface area contributed by atoms with E-state index in [0.29, 0.717) is 5.56 Å². The van der Waals surface area contributed by atoms with Gasteiger partial charge in [-0.15, -0.1) is 0 Å². The van der Waals surface area contributed by atoms with Crippen molar-refractivity contribution in [1.29, 1.82) is 5.26 Å². The molecule has 1 aromatic rings. The Morgan fingerprint density at radius 3 is 2.53 bits per heavy atom. The first-order valence-corrected chi connectivity index (χ1v) is 6.15. The maximum Gasteiger partial charge on any atom is 0.252 e. The highest BCUT2D eigenvalue weighted by atomic mass is 16.5. The lowest BCUT2D eigenvalue weighted by Gasteiger charge is -2.23. The van der Waals surface area contributed by atoms with Crippen LogP contribution >= 0.6 is 0 Å². The smallest absolute Gasteiger partial charge is 0.252 e. The summed E-state index contributed by atoms with van der Waals surface area (Å²) < 4.78 is 5.38. The average Bonchev–Trinajstić information content (AvgIpc) is 2.33. The minimum absolute atomic E-state index is 0.00908. The zero-order valence-electron chi connectivity index (χ0n) is 12.1. The van der Waals surface area contributed by atoms with Crippen LogP contribution in [0, 0.1) is 18.3 Å². The number of hydrogen-bond acceptors (Lipinski definition) is 3. The maximum atomic E-state index is 12.0. The van der Waals surface area contributed by atoms with Gasteiger partial charge in [0.1, 0.15) is 12.3 Å². The maximum absolute atomic E-state index is 12.0. The second-order valence-electron chi connectivity index (χ2n) is 5.46. The lowest BCUT2D eigenvalue weighted by atomic mass is 9.84. The minimum atomic E-state index is -0.229. The van der Waals surface area contributed by atoms with Crippen molar-refractivity contribution in [3.05, 3.63) is 28.8 Å². The van der Waals surface area contributed by atoms with E-state index in [0.717, 1.165) is 16.9 Å². The van der Waals surface area contributed by atoms with Gasteiger partial charge in [0.05, 0.1) is 13.2 Å². The van der Waals surface area contributed by atoms with Crippen LogP contribution in [-0.4, -0.2) is 19.6 Å². The second kappa shape index (κ2) is 5.75. The SMILES string of the molecule is COc1cc(C)c(C(=O)NCC#N)cc1C(C)(C)C. The Kier molecular flexibility index (Phi) is 4.55. The van der Waals surface area contributed by atoms with Crippen LogP contribution in [0.25, 0.3) is 0 Å². The second-order valence-corrected chi connectivity index (χ2v) is 5.46. The number of benzene rings is 1. The average molecular weight is 260 g/mol. The number of carbonyl (C=O) groups excluding carboxylic acids is 1. The first kappa shape index (κ1) is 15.0. The molecule has 0 radical (unpaired) electrons. The fourth-order valence-electron chi connectivity index (χ4n) is 1.90. The molecule has 0 spiro atoms. The van der Waals surface area contributed by atoms with Crippen molar-refractivity contribution in [2.75, 3.05) is 13.7 Å². The zero-order chi connectivity index (χ0) is 14.6. The number of ether oxygens (including phenoxy) is 1. The molecular formula is C15H20N2O2. The van der Waals surface area contributed by atoms with E-state index in [4.69, 9.17) is 10.00 Å². The highest BCUT2D eigenvalue weighted by Crippen LogP contribution is 2.33. The Labute approximate surface area is 114 Å². The van der Waals surface area contributed by atoms with Gasteiger partial charge in [0.15, 0.2) is 0 Å². The summed E-state index contributed by atoms with van der Waals surface area (Å²) in [5, 5.41) is 11.1. The first-order chi connectivity index (χ1) is 8.81. The Hall–Kier alpha value is -2.02. The fraction of sp³-hybridized carbons (Fsp3) is 0.467. The third-order valence-electron chi connectivity index (χ3n) is 2.93. The van der Waals surface area contributed by atoms with Gasteiger partial charge in [0.25, 0.3) is 5.91 Å². The summed E-state index contributed by atoms with van der Waals surface area (Å²) in [5.74, 6) is 0.550. The van der Waals surface area contributed by atoms with E-state index in [-0.39, 0.29) is 17.9 Å². The van der Waals surface area contributed by atoms with Crippen molar-refractivity contribution < 1.29 is 9.53 Å². The van der Waals surface area contributed by atoms with Gasteiger partial charge in [-0.05, 0) is 30.0 Å². The molecule has 0 fully saturated rings. The molecule has 0 heterocycles. The predicted octanol–water partition coefficient (Wildman–Crippen LogP) is 2.55.